The predicted molar refractivity (Wildman–Crippen MR) is 264 cm³/mol. The number of ether oxygens (including phenoxy) is 6. The van der Waals surface area contributed by atoms with E-state index in [4.69, 9.17) is 33.3 Å². The molecule has 4 aliphatic rings. The van der Waals surface area contributed by atoms with E-state index < -0.39 is 102 Å². The number of rotatable bonds is 8. The summed E-state index contributed by atoms with van der Waals surface area (Å²) in [6, 6.07) is -1.18. The highest BCUT2D eigenvalue weighted by Gasteiger charge is 2.53. The Bertz CT molecular complexity index is 1950. The van der Waals surface area contributed by atoms with Crippen LogP contribution in [0.4, 0.5) is 4.79 Å². The van der Waals surface area contributed by atoms with Crippen LogP contribution in [0.3, 0.4) is 0 Å². The first-order valence-corrected chi connectivity index (χ1v) is 25.6. The Morgan fingerprint density at radius 3 is 2.25 bits per heavy atom. The highest BCUT2D eigenvalue weighted by molar-refractivity contribution is 6.39. The van der Waals surface area contributed by atoms with Crippen molar-refractivity contribution in [1.82, 2.24) is 9.96 Å². The molecule has 0 aromatic heterocycles. The van der Waals surface area contributed by atoms with E-state index in [1.54, 1.807) is 48.0 Å². The number of carbonyl (C=O) groups excluding carboxylic acids is 6. The van der Waals surface area contributed by atoms with E-state index in [9.17, 15) is 39.0 Å². The van der Waals surface area contributed by atoms with Crippen LogP contribution < -0.4 is 0 Å². The molecule has 400 valence electrons. The van der Waals surface area contributed by atoms with Crippen LogP contribution in [0.5, 0.6) is 0 Å². The smallest absolute Gasteiger partial charge is 0.434 e. The first-order chi connectivity index (χ1) is 33.6. The zero-order valence-electron chi connectivity index (χ0n) is 44.3. The summed E-state index contributed by atoms with van der Waals surface area (Å²) < 4.78 is 35.4. The van der Waals surface area contributed by atoms with Gasteiger partial charge in [-0.1, -0.05) is 71.1 Å². The summed E-state index contributed by atoms with van der Waals surface area (Å²) in [5.74, 6) is -8.34. The van der Waals surface area contributed by atoms with Gasteiger partial charge in [0.15, 0.2) is 5.78 Å². The molecular weight excluding hydrogens is 917 g/mol. The second-order valence-corrected chi connectivity index (χ2v) is 20.6. The van der Waals surface area contributed by atoms with Crippen LogP contribution in [-0.4, -0.2) is 152 Å². The monoisotopic (exact) mass is 1000 g/mol. The highest BCUT2D eigenvalue weighted by Crippen LogP contribution is 2.38. The molecule has 0 aromatic carbocycles. The number of piperidine rings is 1. The van der Waals surface area contributed by atoms with Crippen LogP contribution in [-0.2, 0) is 57.2 Å². The molecule has 4 rings (SSSR count). The second-order valence-electron chi connectivity index (χ2n) is 20.6. The predicted octanol–water partition coefficient (Wildman–Crippen LogP) is 6.82. The minimum absolute atomic E-state index is 0.00393. The van der Waals surface area contributed by atoms with Crippen molar-refractivity contribution in [3.8, 4) is 0 Å². The third kappa shape index (κ3) is 15.9. The van der Waals surface area contributed by atoms with Crippen molar-refractivity contribution in [3.63, 3.8) is 0 Å². The number of cyclic esters (lactones) is 1. The molecule has 1 aliphatic carbocycles. The molecule has 0 spiro atoms. The zero-order chi connectivity index (χ0) is 52.7. The Kier molecular flexibility index (Phi) is 23.3. The number of ketones is 3. The van der Waals surface area contributed by atoms with Gasteiger partial charge in [-0.25, -0.2) is 9.59 Å². The average molecular weight is 1000 g/mol. The molecule has 15 atom stereocenters. The van der Waals surface area contributed by atoms with Gasteiger partial charge in [-0.3, -0.25) is 24.0 Å². The summed E-state index contributed by atoms with van der Waals surface area (Å²) in [4.78, 5) is 89.8. The highest BCUT2D eigenvalue weighted by atomic mass is 16.7. The Balaban J connectivity index is 1.69. The third-order valence-corrected chi connectivity index (χ3v) is 15.2. The van der Waals surface area contributed by atoms with E-state index in [1.165, 1.54) is 26.2 Å². The molecule has 71 heavy (non-hydrogen) atoms. The number of carbonyl (C=O) groups is 6. The number of allylic oxidation sites excluding steroid dienone is 6. The van der Waals surface area contributed by atoms with E-state index in [1.807, 2.05) is 51.2 Å². The Morgan fingerprint density at radius 1 is 0.873 bits per heavy atom. The molecule has 2 amide bonds. The van der Waals surface area contributed by atoms with Crippen molar-refractivity contribution >= 4 is 35.3 Å². The number of aliphatic hydroxyl groups excluding tert-OH is 1. The van der Waals surface area contributed by atoms with Gasteiger partial charge in [-0.2, -0.15) is 5.06 Å². The number of amides is 2. The summed E-state index contributed by atoms with van der Waals surface area (Å²) in [5.41, 5.74) is 1.24. The van der Waals surface area contributed by atoms with Crippen LogP contribution in [0.25, 0.3) is 0 Å². The quantitative estimate of drug-likeness (QED) is 0.111. The fourth-order valence-electron chi connectivity index (χ4n) is 10.5. The van der Waals surface area contributed by atoms with Crippen LogP contribution >= 0.6 is 0 Å². The van der Waals surface area contributed by atoms with Crippen LogP contribution in [0, 0.1) is 35.5 Å². The van der Waals surface area contributed by atoms with Gasteiger partial charge in [0, 0.05) is 65.5 Å². The summed E-state index contributed by atoms with van der Waals surface area (Å²) in [6.07, 6.45) is 9.88. The number of hydrogen-bond donors (Lipinski definition) is 2. The van der Waals surface area contributed by atoms with E-state index >= 15 is 0 Å². The number of hydrogen-bond acceptors (Lipinski definition) is 15. The molecule has 1 unspecified atom stereocenters. The number of Topliss-reactive ketones (excluding diaryl/α,β-unsaturated/α-hetero) is 3. The van der Waals surface area contributed by atoms with Crippen molar-refractivity contribution < 1.29 is 72.2 Å². The maximum absolute atomic E-state index is 14.5. The fraction of sp³-hybridized carbons (Fsp3) is 0.741. The molecular formula is C54H84N2O15. The normalized spacial score (nSPS) is 37.9. The first-order valence-electron chi connectivity index (χ1n) is 25.6. The lowest BCUT2D eigenvalue weighted by molar-refractivity contribution is -0.265. The number of nitrogens with zero attached hydrogens (tertiary/aromatic N) is 2. The standard InChI is InChI=1S/C54H84N2O15/c1-32-18-14-13-15-19-33(2)44(65-9)30-40-23-21-38(7)54(64,71-40)50(60)51(61)56-25-17-16-20-41(56)52(62)69-45(31-42(57)34(3)27-37(6)48(59)49(67-11)47(58)36(5)26-32)35(4)28-39-22-24-43(46(29-39)66-10)70-53(63)55(8)68-12/h13-15,18-19,27,32,34-36,38-41,43-46,48-49,59,64H,16-17,20-26,28-31H2,1-12H3/b15-13+,18-14+,33-19+,37-27+/t32-,34-,35-,36-,38-,39+,40+,41+,43-,44+,45?,46-,48-,49+,54-/m1/s1. The lowest BCUT2D eigenvalue weighted by Crippen LogP contribution is -2.61. The number of fused-ring (bicyclic) bond motifs is 3. The van der Waals surface area contributed by atoms with Crippen molar-refractivity contribution in [2.75, 3.05) is 42.0 Å². The number of esters is 1. The van der Waals surface area contributed by atoms with Crippen molar-refractivity contribution in [1.29, 1.82) is 0 Å². The molecule has 3 aliphatic heterocycles. The number of hydroxylamine groups is 2. The van der Waals surface area contributed by atoms with Gasteiger partial charge in [-0.05, 0) is 107 Å². The first kappa shape index (κ1) is 59.5. The van der Waals surface area contributed by atoms with Crippen LogP contribution in [0.2, 0.25) is 0 Å². The Labute approximate surface area is 421 Å². The number of aliphatic hydroxyl groups is 2. The Morgan fingerprint density at radius 2 is 1.59 bits per heavy atom. The van der Waals surface area contributed by atoms with E-state index in [-0.39, 0.29) is 42.8 Å². The van der Waals surface area contributed by atoms with Crippen molar-refractivity contribution in [3.05, 3.63) is 47.6 Å². The summed E-state index contributed by atoms with van der Waals surface area (Å²) >= 11 is 0. The summed E-state index contributed by atoms with van der Waals surface area (Å²) in [7, 11) is 7.30. The minimum atomic E-state index is -2.45. The van der Waals surface area contributed by atoms with E-state index in [0.717, 1.165) is 10.6 Å². The van der Waals surface area contributed by atoms with Gasteiger partial charge in [0.2, 0.25) is 5.79 Å². The molecule has 0 radical (unpaired) electrons. The van der Waals surface area contributed by atoms with Gasteiger partial charge in [-0.15, -0.1) is 0 Å². The van der Waals surface area contributed by atoms with Gasteiger partial charge < -0.3 is 43.5 Å². The summed E-state index contributed by atoms with van der Waals surface area (Å²) in [5, 5.41) is 24.5. The van der Waals surface area contributed by atoms with Crippen molar-refractivity contribution in [2.24, 2.45) is 35.5 Å². The lowest BCUT2D eigenvalue weighted by atomic mass is 9.78. The van der Waals surface area contributed by atoms with Crippen LogP contribution in [0.15, 0.2) is 47.6 Å². The topological polar surface area (TPSA) is 214 Å². The zero-order valence-corrected chi connectivity index (χ0v) is 44.3. The van der Waals surface area contributed by atoms with Gasteiger partial charge >= 0.3 is 12.1 Å². The molecule has 3 fully saturated rings. The second kappa shape index (κ2) is 27.8. The van der Waals surface area contributed by atoms with Crippen LogP contribution in [0.1, 0.15) is 126 Å². The maximum Gasteiger partial charge on any atom is 0.434 e. The molecule has 2 N–H and O–H groups in total. The molecule has 0 aromatic rings. The molecule has 1 saturated carbocycles. The molecule has 17 nitrogen and oxygen atoms in total. The molecule has 2 bridgehead atoms. The van der Waals surface area contributed by atoms with Crippen molar-refractivity contribution in [2.45, 2.75) is 180 Å². The maximum atomic E-state index is 14.5. The largest absolute Gasteiger partial charge is 0.460 e. The number of methoxy groups -OCH3 is 3. The lowest BCUT2D eigenvalue weighted by Gasteiger charge is -2.42. The SMILES string of the molecule is CO[C@H]1C[C@@H]2CC[C@@H](C)[C@@](O)(O2)C(=O)C(=O)N2CCCC[C@H]2C(=O)OC([C@H](C)C[C@@H]2CC[C@@H](OC(=O)N(C)OC)[C@H](OC)C2)CC(=O)[C@H](C)/C=C(\C)[C@@H](O)[C@@H](OC)C(=O)[C@H](C)C[C@H](C)/C=C/C=C/C=C/1C. The van der Waals surface area contributed by atoms with Gasteiger partial charge in [0.1, 0.15) is 36.2 Å². The van der Waals surface area contributed by atoms with E-state index in [2.05, 4.69) is 0 Å². The minimum Gasteiger partial charge on any atom is -0.460 e. The fourth-order valence-corrected chi connectivity index (χ4v) is 10.5. The molecule has 3 heterocycles. The average Bonchev–Trinajstić information content (AvgIpc) is 3.35. The molecule has 2 saturated heterocycles. The van der Waals surface area contributed by atoms with Gasteiger partial charge in [0.05, 0.1) is 25.4 Å². The van der Waals surface area contributed by atoms with Gasteiger partial charge in [0.25, 0.3) is 11.7 Å². The summed E-state index contributed by atoms with van der Waals surface area (Å²) in [6.45, 7) is 12.6. The molecule has 17 heteroatoms. The van der Waals surface area contributed by atoms with E-state index in [0.29, 0.717) is 69.8 Å². The Hall–Kier alpha value is -4.10. The third-order valence-electron chi connectivity index (χ3n) is 15.2.